The minimum atomic E-state index is -3.74. The third-order valence-corrected chi connectivity index (χ3v) is 6.57. The number of benzene rings is 1. The molecule has 0 atom stereocenters. The number of hydrogen-bond acceptors (Lipinski definition) is 3. The predicted octanol–water partition coefficient (Wildman–Crippen LogP) is 3.58. The van der Waals surface area contributed by atoms with Crippen LogP contribution in [0.4, 0.5) is 8.78 Å². The van der Waals surface area contributed by atoms with Crippen LogP contribution in [0.2, 0.25) is 0 Å². The Labute approximate surface area is 127 Å². The second-order valence-corrected chi connectivity index (χ2v) is 8.45. The lowest BCUT2D eigenvalue weighted by Crippen LogP contribution is -2.23. The summed E-state index contributed by atoms with van der Waals surface area (Å²) < 4.78 is 53.6. The summed E-state index contributed by atoms with van der Waals surface area (Å²) in [5, 5.41) is 0. The molecule has 8 heteroatoms. The molecule has 2 aromatic rings. The smallest absolute Gasteiger partial charge is 0.207 e. The average Bonchev–Trinajstić information content (AvgIpc) is 2.72. The van der Waals surface area contributed by atoms with E-state index in [9.17, 15) is 17.2 Å². The maximum absolute atomic E-state index is 13.4. The third-order valence-electron chi connectivity index (χ3n) is 2.56. The van der Waals surface area contributed by atoms with E-state index in [4.69, 9.17) is 0 Å². The molecule has 3 nitrogen and oxygen atoms in total. The highest BCUT2D eigenvalue weighted by Gasteiger charge is 2.18. The number of halogens is 3. The van der Waals surface area contributed by atoms with Gasteiger partial charge in [0.05, 0.1) is 3.79 Å². The lowest BCUT2D eigenvalue weighted by atomic mass is 10.2. The van der Waals surface area contributed by atoms with E-state index in [1.54, 1.807) is 6.92 Å². The minimum absolute atomic E-state index is 0.0408. The Balaban J connectivity index is 2.19. The molecular weight excluding hydrogens is 372 g/mol. The molecule has 0 aliphatic heterocycles. The molecule has 0 unspecified atom stereocenters. The highest BCUT2D eigenvalue weighted by Crippen LogP contribution is 2.30. The van der Waals surface area contributed by atoms with Crippen molar-refractivity contribution in [3.63, 3.8) is 0 Å². The number of sulfonamides is 1. The van der Waals surface area contributed by atoms with Gasteiger partial charge in [-0.2, -0.15) is 0 Å². The van der Waals surface area contributed by atoms with Crippen molar-refractivity contribution < 1.29 is 17.2 Å². The Morgan fingerprint density at radius 3 is 2.60 bits per heavy atom. The lowest BCUT2D eigenvalue weighted by Gasteiger charge is -2.06. The molecule has 0 fully saturated rings. The standard InChI is InChI=1S/C12H10BrF2NO2S2/c1-7-4-11(19-12(7)13)20(17,18)16-6-8-5-9(14)2-3-10(8)15/h2-5,16H,6H2,1H3. The minimum Gasteiger partial charge on any atom is -0.207 e. The SMILES string of the molecule is Cc1cc(S(=O)(=O)NCc2cc(F)ccc2F)sc1Br. The number of hydrogen-bond donors (Lipinski definition) is 1. The summed E-state index contributed by atoms with van der Waals surface area (Å²) in [6.45, 7) is 1.46. The van der Waals surface area contributed by atoms with Crippen molar-refractivity contribution in [1.29, 1.82) is 0 Å². The van der Waals surface area contributed by atoms with Crippen LogP contribution in [-0.2, 0) is 16.6 Å². The molecule has 108 valence electrons. The van der Waals surface area contributed by atoms with Crippen LogP contribution in [0.5, 0.6) is 0 Å². The van der Waals surface area contributed by atoms with Crippen molar-refractivity contribution in [1.82, 2.24) is 4.72 Å². The molecule has 0 amide bonds. The van der Waals surface area contributed by atoms with Crippen LogP contribution in [0.25, 0.3) is 0 Å². The normalized spacial score (nSPS) is 11.8. The molecular formula is C12H10BrF2NO2S2. The van der Waals surface area contributed by atoms with Crippen molar-refractivity contribution >= 4 is 37.3 Å². The van der Waals surface area contributed by atoms with E-state index in [0.29, 0.717) is 0 Å². The average molecular weight is 382 g/mol. The fraction of sp³-hybridized carbons (Fsp3) is 0.167. The Morgan fingerprint density at radius 1 is 1.30 bits per heavy atom. The Morgan fingerprint density at radius 2 is 2.00 bits per heavy atom. The quantitative estimate of drug-likeness (QED) is 0.879. The van der Waals surface area contributed by atoms with E-state index < -0.39 is 21.7 Å². The van der Waals surface area contributed by atoms with Gasteiger partial charge in [0.15, 0.2) is 0 Å². The van der Waals surface area contributed by atoms with Crippen LogP contribution in [0.1, 0.15) is 11.1 Å². The molecule has 0 radical (unpaired) electrons. The Kier molecular flexibility index (Phi) is 4.58. The van der Waals surface area contributed by atoms with Crippen LogP contribution >= 0.6 is 27.3 Å². The summed E-state index contributed by atoms with van der Waals surface area (Å²) in [5.41, 5.74) is 0.758. The van der Waals surface area contributed by atoms with Gasteiger partial charge < -0.3 is 0 Å². The second kappa shape index (κ2) is 5.88. The van der Waals surface area contributed by atoms with Crippen LogP contribution in [-0.4, -0.2) is 8.42 Å². The van der Waals surface area contributed by atoms with Crippen LogP contribution in [0.15, 0.2) is 32.3 Å². The lowest BCUT2D eigenvalue weighted by molar-refractivity contribution is 0.568. The molecule has 0 bridgehead atoms. The van der Waals surface area contributed by atoms with Gasteiger partial charge in [-0.25, -0.2) is 21.9 Å². The molecule has 20 heavy (non-hydrogen) atoms. The fourth-order valence-corrected chi connectivity index (χ4v) is 4.76. The number of thiophene rings is 1. The topological polar surface area (TPSA) is 46.2 Å². The monoisotopic (exact) mass is 381 g/mol. The number of aryl methyl sites for hydroxylation is 1. The zero-order chi connectivity index (χ0) is 14.9. The number of nitrogens with one attached hydrogen (secondary N) is 1. The molecule has 0 spiro atoms. The van der Waals surface area contributed by atoms with Gasteiger partial charge in [0.25, 0.3) is 0 Å². The van der Waals surface area contributed by atoms with Gasteiger partial charge in [0.2, 0.25) is 10.0 Å². The molecule has 0 saturated heterocycles. The Hall–Kier alpha value is -0.830. The highest BCUT2D eigenvalue weighted by molar-refractivity contribution is 9.11. The first-order valence-electron chi connectivity index (χ1n) is 5.49. The molecule has 2 rings (SSSR count). The second-order valence-electron chi connectivity index (χ2n) is 4.08. The molecule has 0 aliphatic rings. The summed E-state index contributed by atoms with van der Waals surface area (Å²) in [6.07, 6.45) is 0. The molecule has 1 heterocycles. The molecule has 1 aromatic carbocycles. The maximum Gasteiger partial charge on any atom is 0.250 e. The third kappa shape index (κ3) is 3.43. The van der Waals surface area contributed by atoms with Gasteiger partial charge in [0.1, 0.15) is 15.8 Å². The van der Waals surface area contributed by atoms with Gasteiger partial charge in [0, 0.05) is 12.1 Å². The zero-order valence-corrected chi connectivity index (χ0v) is 13.5. The Bertz CT molecular complexity index is 724. The molecule has 0 saturated carbocycles. The van der Waals surface area contributed by atoms with Crippen molar-refractivity contribution in [3.8, 4) is 0 Å². The van der Waals surface area contributed by atoms with E-state index in [0.717, 1.165) is 38.9 Å². The molecule has 1 N–H and O–H groups in total. The summed E-state index contributed by atoms with van der Waals surface area (Å²) in [6, 6.07) is 4.42. The fourth-order valence-electron chi connectivity index (χ4n) is 1.49. The van der Waals surface area contributed by atoms with E-state index in [2.05, 4.69) is 20.7 Å². The van der Waals surface area contributed by atoms with Crippen molar-refractivity contribution in [2.24, 2.45) is 0 Å². The maximum atomic E-state index is 13.4. The van der Waals surface area contributed by atoms with Gasteiger partial charge in [-0.15, -0.1) is 11.3 Å². The van der Waals surface area contributed by atoms with E-state index in [1.165, 1.54) is 6.07 Å². The largest absolute Gasteiger partial charge is 0.250 e. The summed E-state index contributed by atoms with van der Waals surface area (Å²) >= 11 is 4.30. The van der Waals surface area contributed by atoms with E-state index >= 15 is 0 Å². The molecule has 0 aliphatic carbocycles. The van der Waals surface area contributed by atoms with Gasteiger partial charge in [-0.1, -0.05) is 0 Å². The van der Waals surface area contributed by atoms with Gasteiger partial charge in [-0.05, 0) is 52.7 Å². The first-order chi connectivity index (χ1) is 9.29. The first-order valence-corrected chi connectivity index (χ1v) is 8.58. The summed E-state index contributed by atoms with van der Waals surface area (Å²) in [7, 11) is -3.74. The van der Waals surface area contributed by atoms with Crippen LogP contribution < -0.4 is 4.72 Å². The van der Waals surface area contributed by atoms with Crippen molar-refractivity contribution in [2.45, 2.75) is 17.7 Å². The first kappa shape index (κ1) is 15.6. The van der Waals surface area contributed by atoms with Crippen LogP contribution in [0, 0.1) is 18.6 Å². The van der Waals surface area contributed by atoms with Crippen molar-refractivity contribution in [3.05, 3.63) is 50.8 Å². The molecule has 1 aromatic heterocycles. The predicted molar refractivity (Wildman–Crippen MR) is 77.1 cm³/mol. The number of rotatable bonds is 4. The summed E-state index contributed by atoms with van der Waals surface area (Å²) in [5.74, 6) is -1.27. The van der Waals surface area contributed by atoms with E-state index in [1.807, 2.05) is 0 Å². The van der Waals surface area contributed by atoms with E-state index in [-0.39, 0.29) is 16.3 Å². The zero-order valence-electron chi connectivity index (χ0n) is 10.3. The summed E-state index contributed by atoms with van der Waals surface area (Å²) in [4.78, 5) is 0. The highest BCUT2D eigenvalue weighted by atomic mass is 79.9. The van der Waals surface area contributed by atoms with Gasteiger partial charge in [-0.3, -0.25) is 0 Å². The van der Waals surface area contributed by atoms with Crippen molar-refractivity contribution in [2.75, 3.05) is 0 Å². The van der Waals surface area contributed by atoms with Crippen LogP contribution in [0.3, 0.4) is 0 Å². The van der Waals surface area contributed by atoms with Gasteiger partial charge >= 0.3 is 0 Å².